The molecule has 5 heteroatoms. The monoisotopic (exact) mass is 306 g/mol. The Labute approximate surface area is 132 Å². The van der Waals surface area contributed by atoms with Crippen molar-refractivity contribution in [2.45, 2.75) is 31.2 Å². The van der Waals surface area contributed by atoms with E-state index in [2.05, 4.69) is 30.4 Å². The molecule has 1 aromatic carbocycles. The van der Waals surface area contributed by atoms with Gasteiger partial charge in [-0.1, -0.05) is 24.3 Å². The van der Waals surface area contributed by atoms with Crippen LogP contribution in [0, 0.1) is 6.92 Å². The summed E-state index contributed by atoms with van der Waals surface area (Å²) in [4.78, 5) is 12.1. The lowest BCUT2D eigenvalue weighted by Crippen LogP contribution is -2.50. The van der Waals surface area contributed by atoms with E-state index in [0.717, 1.165) is 12.8 Å². The van der Waals surface area contributed by atoms with E-state index in [4.69, 9.17) is 15.2 Å². The molecule has 1 fully saturated rings. The Balaban J connectivity index is 2.13. The average molecular weight is 306 g/mol. The van der Waals surface area contributed by atoms with Gasteiger partial charge < -0.3 is 20.5 Å². The lowest BCUT2D eigenvalue weighted by molar-refractivity contribution is -0.124. The largest absolute Gasteiger partial charge is 0.383 e. The second kappa shape index (κ2) is 7.72. The van der Waals surface area contributed by atoms with Gasteiger partial charge in [-0.15, -0.1) is 0 Å². The Morgan fingerprint density at radius 2 is 2.09 bits per heavy atom. The molecule has 1 aliphatic rings. The van der Waals surface area contributed by atoms with E-state index in [9.17, 15) is 4.79 Å². The summed E-state index contributed by atoms with van der Waals surface area (Å²) >= 11 is 0. The maximum Gasteiger partial charge on any atom is 0.239 e. The predicted molar refractivity (Wildman–Crippen MR) is 85.8 cm³/mol. The van der Waals surface area contributed by atoms with Gasteiger partial charge in [-0.05, 0) is 30.9 Å². The molecule has 1 atom stereocenters. The number of nitrogens with one attached hydrogen (secondary N) is 1. The molecule has 3 N–H and O–H groups in total. The second-order valence-corrected chi connectivity index (χ2v) is 5.99. The molecule has 5 nitrogen and oxygen atoms in total. The SMILES string of the molecule is COCC(N)C(=O)NCC1(c2ccccc2C)CCOCC1. The molecule has 122 valence electrons. The smallest absolute Gasteiger partial charge is 0.239 e. The Morgan fingerprint density at radius 1 is 1.41 bits per heavy atom. The molecule has 2 rings (SSSR count). The number of aryl methyl sites for hydroxylation is 1. The van der Waals surface area contributed by atoms with Crippen LogP contribution in [0.2, 0.25) is 0 Å². The van der Waals surface area contributed by atoms with Crippen molar-refractivity contribution in [3.05, 3.63) is 35.4 Å². The first kappa shape index (κ1) is 16.9. The van der Waals surface area contributed by atoms with Gasteiger partial charge in [-0.2, -0.15) is 0 Å². The number of carbonyl (C=O) groups excluding carboxylic acids is 1. The number of nitrogens with two attached hydrogens (primary N) is 1. The molecule has 0 spiro atoms. The third kappa shape index (κ3) is 3.85. The summed E-state index contributed by atoms with van der Waals surface area (Å²) in [5, 5.41) is 3.00. The van der Waals surface area contributed by atoms with Crippen LogP contribution in [0.3, 0.4) is 0 Å². The minimum absolute atomic E-state index is 0.0773. The van der Waals surface area contributed by atoms with Gasteiger partial charge >= 0.3 is 0 Å². The zero-order chi connectivity index (χ0) is 16.0. The standard InChI is InChI=1S/C17H26N2O3/c1-13-5-3-4-6-14(13)17(7-9-22-10-8-17)12-19-16(20)15(18)11-21-2/h3-6,15H,7-12,18H2,1-2H3,(H,19,20). The van der Waals surface area contributed by atoms with Crippen molar-refractivity contribution in [1.29, 1.82) is 0 Å². The van der Waals surface area contributed by atoms with Gasteiger partial charge in [-0.25, -0.2) is 0 Å². The van der Waals surface area contributed by atoms with E-state index in [1.54, 1.807) is 7.11 Å². The van der Waals surface area contributed by atoms with Crippen molar-refractivity contribution >= 4 is 5.91 Å². The summed E-state index contributed by atoms with van der Waals surface area (Å²) in [6, 6.07) is 7.74. The van der Waals surface area contributed by atoms with Crippen LogP contribution in [0.25, 0.3) is 0 Å². The van der Waals surface area contributed by atoms with E-state index in [1.807, 2.05) is 6.07 Å². The lowest BCUT2D eigenvalue weighted by Gasteiger charge is -2.39. The third-order valence-corrected chi connectivity index (χ3v) is 4.45. The van der Waals surface area contributed by atoms with Crippen LogP contribution in [0.15, 0.2) is 24.3 Å². The Bertz CT molecular complexity index is 498. The van der Waals surface area contributed by atoms with Crippen molar-refractivity contribution in [3.63, 3.8) is 0 Å². The summed E-state index contributed by atoms with van der Waals surface area (Å²) in [6.07, 6.45) is 1.80. The first-order valence-electron chi connectivity index (χ1n) is 7.75. The lowest BCUT2D eigenvalue weighted by atomic mass is 9.72. The van der Waals surface area contributed by atoms with Crippen LogP contribution in [0.1, 0.15) is 24.0 Å². The van der Waals surface area contributed by atoms with Crippen LogP contribution >= 0.6 is 0 Å². The summed E-state index contributed by atoms with van der Waals surface area (Å²) in [5.41, 5.74) is 8.26. The fraction of sp³-hybridized carbons (Fsp3) is 0.588. The van der Waals surface area contributed by atoms with Gasteiger partial charge in [-0.3, -0.25) is 4.79 Å². The zero-order valence-corrected chi connectivity index (χ0v) is 13.4. The molecule has 1 heterocycles. The van der Waals surface area contributed by atoms with E-state index >= 15 is 0 Å². The quantitative estimate of drug-likeness (QED) is 0.826. The molecule has 1 saturated heterocycles. The van der Waals surface area contributed by atoms with E-state index in [0.29, 0.717) is 19.8 Å². The number of amides is 1. The van der Waals surface area contributed by atoms with E-state index in [1.165, 1.54) is 11.1 Å². The highest BCUT2D eigenvalue weighted by molar-refractivity contribution is 5.81. The minimum Gasteiger partial charge on any atom is -0.383 e. The maximum absolute atomic E-state index is 12.1. The molecular formula is C17H26N2O3. The van der Waals surface area contributed by atoms with Crippen molar-refractivity contribution in [2.24, 2.45) is 5.73 Å². The molecule has 1 aromatic rings. The number of rotatable bonds is 6. The molecular weight excluding hydrogens is 280 g/mol. The van der Waals surface area contributed by atoms with Crippen molar-refractivity contribution in [2.75, 3.05) is 33.5 Å². The first-order valence-corrected chi connectivity index (χ1v) is 7.75. The van der Waals surface area contributed by atoms with Gasteiger partial charge in [0.25, 0.3) is 0 Å². The Kier molecular flexibility index (Phi) is 5.94. The van der Waals surface area contributed by atoms with E-state index < -0.39 is 6.04 Å². The highest BCUT2D eigenvalue weighted by atomic mass is 16.5. The summed E-state index contributed by atoms with van der Waals surface area (Å²) < 4.78 is 10.5. The molecule has 1 amide bonds. The van der Waals surface area contributed by atoms with E-state index in [-0.39, 0.29) is 17.9 Å². The fourth-order valence-corrected chi connectivity index (χ4v) is 3.11. The highest BCUT2D eigenvalue weighted by Crippen LogP contribution is 2.36. The van der Waals surface area contributed by atoms with Crippen molar-refractivity contribution in [1.82, 2.24) is 5.32 Å². The Hall–Kier alpha value is -1.43. The Morgan fingerprint density at radius 3 is 2.73 bits per heavy atom. The average Bonchev–Trinajstić information content (AvgIpc) is 2.54. The van der Waals surface area contributed by atoms with Crippen LogP contribution in [0.5, 0.6) is 0 Å². The third-order valence-electron chi connectivity index (χ3n) is 4.45. The molecule has 0 radical (unpaired) electrons. The van der Waals surface area contributed by atoms with Crippen molar-refractivity contribution < 1.29 is 14.3 Å². The van der Waals surface area contributed by atoms with Gasteiger partial charge in [0.2, 0.25) is 5.91 Å². The molecule has 1 aliphatic heterocycles. The molecule has 0 aliphatic carbocycles. The van der Waals surface area contributed by atoms with Gasteiger partial charge in [0, 0.05) is 32.3 Å². The van der Waals surface area contributed by atoms with Crippen LogP contribution in [0.4, 0.5) is 0 Å². The number of benzene rings is 1. The van der Waals surface area contributed by atoms with Crippen LogP contribution in [-0.4, -0.2) is 45.4 Å². The topological polar surface area (TPSA) is 73.6 Å². The first-order chi connectivity index (χ1) is 10.6. The zero-order valence-electron chi connectivity index (χ0n) is 13.4. The molecule has 22 heavy (non-hydrogen) atoms. The second-order valence-electron chi connectivity index (χ2n) is 5.99. The summed E-state index contributed by atoms with van der Waals surface area (Å²) in [6.45, 7) is 4.36. The number of ether oxygens (including phenoxy) is 2. The summed E-state index contributed by atoms with van der Waals surface area (Å²) in [5.74, 6) is -0.165. The normalized spacial score (nSPS) is 18.7. The van der Waals surface area contributed by atoms with Gasteiger partial charge in [0.15, 0.2) is 0 Å². The highest BCUT2D eigenvalue weighted by Gasteiger charge is 2.36. The molecule has 0 saturated carbocycles. The maximum atomic E-state index is 12.1. The number of hydrogen-bond acceptors (Lipinski definition) is 4. The van der Waals surface area contributed by atoms with Crippen molar-refractivity contribution in [3.8, 4) is 0 Å². The molecule has 0 aromatic heterocycles. The van der Waals surface area contributed by atoms with Crippen LogP contribution in [-0.2, 0) is 19.7 Å². The predicted octanol–water partition coefficient (Wildman–Crippen LogP) is 1.13. The number of carbonyl (C=O) groups is 1. The minimum atomic E-state index is -0.626. The summed E-state index contributed by atoms with van der Waals surface area (Å²) in [7, 11) is 1.54. The van der Waals surface area contributed by atoms with Crippen LogP contribution < -0.4 is 11.1 Å². The van der Waals surface area contributed by atoms with Gasteiger partial charge in [0.1, 0.15) is 6.04 Å². The molecule has 0 bridgehead atoms. The fourth-order valence-electron chi connectivity index (χ4n) is 3.11. The number of hydrogen-bond donors (Lipinski definition) is 2. The molecule has 1 unspecified atom stereocenters. The van der Waals surface area contributed by atoms with Gasteiger partial charge in [0.05, 0.1) is 6.61 Å². The number of methoxy groups -OCH3 is 1.